The predicted octanol–water partition coefficient (Wildman–Crippen LogP) is 3.13. The number of benzene rings is 1. The number of carbonyl (C=O) groups is 1. The minimum atomic E-state index is -0.0719. The number of carbonyl (C=O) groups excluding carboxylic acids is 1. The molecule has 6 heteroatoms. The maximum atomic E-state index is 12.6. The van der Waals surface area contributed by atoms with Crippen molar-refractivity contribution >= 4 is 22.4 Å². The molecule has 1 amide bonds. The van der Waals surface area contributed by atoms with Gasteiger partial charge >= 0.3 is 0 Å². The van der Waals surface area contributed by atoms with E-state index in [2.05, 4.69) is 47.6 Å². The van der Waals surface area contributed by atoms with E-state index in [0.717, 1.165) is 23.4 Å². The molecule has 1 aromatic heterocycles. The van der Waals surface area contributed by atoms with Gasteiger partial charge in [0.2, 0.25) is 11.0 Å². The minimum absolute atomic E-state index is 0.00411. The molecule has 2 aliphatic carbocycles. The Kier molecular flexibility index (Phi) is 3.89. The average Bonchev–Trinajstić information content (AvgIpc) is 3.21. The molecule has 126 valence electrons. The van der Waals surface area contributed by atoms with Gasteiger partial charge in [-0.2, -0.15) is 0 Å². The number of hydrogen-bond acceptors (Lipinski definition) is 5. The molecule has 4 rings (SSSR count). The minimum Gasteiger partial charge on any atom is -0.327 e. The van der Waals surface area contributed by atoms with E-state index in [1.165, 1.54) is 28.9 Å². The summed E-state index contributed by atoms with van der Waals surface area (Å²) in [6, 6.07) is 6.30. The van der Waals surface area contributed by atoms with E-state index in [9.17, 15) is 4.79 Å². The van der Waals surface area contributed by atoms with E-state index >= 15 is 0 Å². The molecule has 4 unspecified atom stereocenters. The summed E-state index contributed by atoms with van der Waals surface area (Å²) >= 11 is 1.42. The van der Waals surface area contributed by atoms with Gasteiger partial charge in [0.05, 0.1) is 5.92 Å². The third-order valence-corrected chi connectivity index (χ3v) is 6.29. The van der Waals surface area contributed by atoms with Gasteiger partial charge in [0, 0.05) is 11.6 Å². The van der Waals surface area contributed by atoms with Crippen molar-refractivity contribution in [3.8, 4) is 10.6 Å². The number of nitrogens with two attached hydrogens (primary N) is 1. The molecule has 3 N–H and O–H groups in total. The number of aryl methyl sites for hydroxylation is 2. The van der Waals surface area contributed by atoms with Crippen LogP contribution in [-0.4, -0.2) is 22.1 Å². The molecule has 24 heavy (non-hydrogen) atoms. The first-order chi connectivity index (χ1) is 11.5. The molecule has 2 fully saturated rings. The molecular formula is C18H22N4OS. The van der Waals surface area contributed by atoms with Gasteiger partial charge in [-0.25, -0.2) is 0 Å². The molecule has 0 radical (unpaired) electrons. The van der Waals surface area contributed by atoms with E-state index in [4.69, 9.17) is 5.73 Å². The van der Waals surface area contributed by atoms with Gasteiger partial charge in [0.25, 0.3) is 0 Å². The van der Waals surface area contributed by atoms with Crippen molar-refractivity contribution in [2.45, 2.75) is 39.2 Å². The number of anilines is 1. The molecule has 2 saturated carbocycles. The lowest BCUT2D eigenvalue weighted by Crippen LogP contribution is -2.42. The van der Waals surface area contributed by atoms with Crippen molar-refractivity contribution in [2.24, 2.45) is 23.5 Å². The van der Waals surface area contributed by atoms with Crippen molar-refractivity contribution < 1.29 is 4.79 Å². The van der Waals surface area contributed by atoms with Crippen LogP contribution in [0.3, 0.4) is 0 Å². The van der Waals surface area contributed by atoms with Gasteiger partial charge in [-0.15, -0.1) is 10.2 Å². The first-order valence-corrected chi connectivity index (χ1v) is 9.31. The van der Waals surface area contributed by atoms with Crippen LogP contribution >= 0.6 is 11.3 Å². The van der Waals surface area contributed by atoms with Crippen molar-refractivity contribution in [1.82, 2.24) is 10.2 Å². The highest BCUT2D eigenvalue weighted by Gasteiger charge is 2.49. The van der Waals surface area contributed by atoms with Crippen LogP contribution in [0.15, 0.2) is 18.2 Å². The molecule has 2 bridgehead atoms. The number of fused-ring (bicyclic) bond motifs is 2. The van der Waals surface area contributed by atoms with Gasteiger partial charge in [-0.1, -0.05) is 28.5 Å². The van der Waals surface area contributed by atoms with E-state index in [1.807, 2.05) is 0 Å². The Labute approximate surface area is 145 Å². The second-order valence-electron chi connectivity index (χ2n) is 7.21. The molecule has 1 aromatic carbocycles. The number of rotatable bonds is 3. The SMILES string of the molecule is Cc1cc(C)cc(-c2nnc(NC(=O)C3C4CCC(C4)C3N)s2)c1. The highest BCUT2D eigenvalue weighted by atomic mass is 32.1. The average molecular weight is 342 g/mol. The molecule has 0 saturated heterocycles. The number of nitrogens with zero attached hydrogens (tertiary/aromatic N) is 2. The summed E-state index contributed by atoms with van der Waals surface area (Å²) < 4.78 is 0. The third kappa shape index (κ3) is 2.74. The first-order valence-electron chi connectivity index (χ1n) is 8.50. The number of hydrogen-bond donors (Lipinski definition) is 2. The molecule has 1 heterocycles. The van der Waals surface area contributed by atoms with Crippen LogP contribution in [0, 0.1) is 31.6 Å². The third-order valence-electron chi connectivity index (χ3n) is 5.41. The number of nitrogens with one attached hydrogen (secondary N) is 1. The maximum Gasteiger partial charge on any atom is 0.231 e. The van der Waals surface area contributed by atoms with Gasteiger partial charge in [-0.3, -0.25) is 4.79 Å². The smallest absolute Gasteiger partial charge is 0.231 e. The highest BCUT2D eigenvalue weighted by Crippen LogP contribution is 2.48. The standard InChI is InChI=1S/C18H22N4OS/c1-9-5-10(2)7-13(6-9)17-21-22-18(24-17)20-16(23)14-11-3-4-12(8-11)15(14)19/h5-7,11-12,14-15H,3-4,8,19H2,1-2H3,(H,20,22,23). The molecule has 0 spiro atoms. The summed E-state index contributed by atoms with van der Waals surface area (Å²) in [7, 11) is 0. The zero-order chi connectivity index (χ0) is 16.8. The van der Waals surface area contributed by atoms with Gasteiger partial charge in [0.15, 0.2) is 0 Å². The number of amides is 1. The summed E-state index contributed by atoms with van der Waals surface area (Å²) in [6.45, 7) is 4.13. The normalized spacial score (nSPS) is 28.3. The second-order valence-corrected chi connectivity index (χ2v) is 8.19. The van der Waals surface area contributed by atoms with Gasteiger partial charge < -0.3 is 11.1 Å². The lowest BCUT2D eigenvalue weighted by Gasteiger charge is -2.26. The summed E-state index contributed by atoms with van der Waals surface area (Å²) in [5.41, 5.74) is 9.69. The van der Waals surface area contributed by atoms with Gasteiger partial charge in [-0.05, 0) is 57.1 Å². The zero-order valence-corrected chi connectivity index (χ0v) is 14.8. The Morgan fingerprint density at radius 2 is 1.88 bits per heavy atom. The van der Waals surface area contributed by atoms with Gasteiger partial charge in [0.1, 0.15) is 5.01 Å². The maximum absolute atomic E-state index is 12.6. The summed E-state index contributed by atoms with van der Waals surface area (Å²) in [5.74, 6) is 0.901. The molecule has 2 aliphatic rings. The van der Waals surface area contributed by atoms with Crippen LogP contribution in [0.2, 0.25) is 0 Å². The lowest BCUT2D eigenvalue weighted by atomic mass is 9.84. The molecule has 4 atom stereocenters. The molecule has 2 aromatic rings. The van der Waals surface area contributed by atoms with Crippen LogP contribution in [0.4, 0.5) is 5.13 Å². The first kappa shape index (κ1) is 15.7. The Morgan fingerprint density at radius 1 is 1.17 bits per heavy atom. The van der Waals surface area contributed by atoms with E-state index in [-0.39, 0.29) is 17.9 Å². The fourth-order valence-corrected chi connectivity index (χ4v) is 5.14. The van der Waals surface area contributed by atoms with Crippen LogP contribution in [-0.2, 0) is 4.79 Å². The Morgan fingerprint density at radius 3 is 2.54 bits per heavy atom. The zero-order valence-electron chi connectivity index (χ0n) is 14.0. The van der Waals surface area contributed by atoms with E-state index < -0.39 is 0 Å². The summed E-state index contributed by atoms with van der Waals surface area (Å²) in [6.07, 6.45) is 3.40. The van der Waals surface area contributed by atoms with Crippen molar-refractivity contribution in [3.63, 3.8) is 0 Å². The summed E-state index contributed by atoms with van der Waals surface area (Å²) in [4.78, 5) is 12.6. The second kappa shape index (κ2) is 5.93. The van der Waals surface area contributed by atoms with Crippen LogP contribution in [0.5, 0.6) is 0 Å². The monoisotopic (exact) mass is 342 g/mol. The molecule has 0 aliphatic heterocycles. The van der Waals surface area contributed by atoms with Crippen molar-refractivity contribution in [3.05, 3.63) is 29.3 Å². The van der Waals surface area contributed by atoms with E-state index in [1.54, 1.807) is 0 Å². The summed E-state index contributed by atoms with van der Waals surface area (Å²) in [5, 5.41) is 12.7. The quantitative estimate of drug-likeness (QED) is 0.898. The van der Waals surface area contributed by atoms with Crippen molar-refractivity contribution in [1.29, 1.82) is 0 Å². The fourth-order valence-electron chi connectivity index (χ4n) is 4.40. The fraction of sp³-hybridized carbons (Fsp3) is 0.500. The Hall–Kier alpha value is -1.79. The van der Waals surface area contributed by atoms with Crippen molar-refractivity contribution in [2.75, 3.05) is 5.32 Å². The Balaban J connectivity index is 1.50. The highest BCUT2D eigenvalue weighted by molar-refractivity contribution is 7.18. The topological polar surface area (TPSA) is 80.9 Å². The Bertz CT molecular complexity index is 765. The number of aromatic nitrogens is 2. The molecular weight excluding hydrogens is 320 g/mol. The van der Waals surface area contributed by atoms with E-state index in [0.29, 0.717) is 17.0 Å². The predicted molar refractivity (Wildman–Crippen MR) is 95.7 cm³/mol. The van der Waals surface area contributed by atoms with Crippen LogP contribution < -0.4 is 11.1 Å². The van der Waals surface area contributed by atoms with Crippen LogP contribution in [0.1, 0.15) is 30.4 Å². The van der Waals surface area contributed by atoms with Crippen LogP contribution in [0.25, 0.3) is 10.6 Å². The molecule has 5 nitrogen and oxygen atoms in total. The lowest BCUT2D eigenvalue weighted by molar-refractivity contribution is -0.121. The largest absolute Gasteiger partial charge is 0.327 e.